The van der Waals surface area contributed by atoms with Crippen LogP contribution in [0.15, 0.2) is 18.2 Å². The van der Waals surface area contributed by atoms with Crippen molar-refractivity contribution in [3.8, 4) is 0 Å². The molecule has 2 heterocycles. The van der Waals surface area contributed by atoms with Gasteiger partial charge in [0.2, 0.25) is 11.8 Å². The zero-order valence-corrected chi connectivity index (χ0v) is 16.4. The second-order valence-electron chi connectivity index (χ2n) is 7.92. The van der Waals surface area contributed by atoms with E-state index in [1.54, 1.807) is 18.2 Å². The van der Waals surface area contributed by atoms with Gasteiger partial charge >= 0.3 is 0 Å². The molecule has 1 fully saturated rings. The van der Waals surface area contributed by atoms with E-state index in [4.69, 9.17) is 5.73 Å². The second-order valence-corrected chi connectivity index (χ2v) is 7.92. The number of hydrogen-bond donors (Lipinski definition) is 3. The van der Waals surface area contributed by atoms with Gasteiger partial charge in [-0.15, -0.1) is 0 Å². The van der Waals surface area contributed by atoms with Crippen LogP contribution in [0.25, 0.3) is 0 Å². The van der Waals surface area contributed by atoms with Crippen molar-refractivity contribution >= 4 is 23.6 Å². The average Bonchev–Trinajstić information content (AvgIpc) is 2.91. The molecule has 8 nitrogen and oxygen atoms in total. The molecule has 1 saturated heterocycles. The first kappa shape index (κ1) is 20.2. The summed E-state index contributed by atoms with van der Waals surface area (Å²) in [5, 5.41) is 5.61. The van der Waals surface area contributed by atoms with Gasteiger partial charge in [-0.1, -0.05) is 26.0 Å². The summed E-state index contributed by atoms with van der Waals surface area (Å²) in [6, 6.07) is 4.15. The topological polar surface area (TPSA) is 122 Å². The monoisotopic (exact) mass is 386 g/mol. The fraction of sp³-hybridized carbons (Fsp3) is 0.500. The van der Waals surface area contributed by atoms with E-state index in [9.17, 15) is 19.2 Å². The molecule has 1 aromatic carbocycles. The largest absolute Gasteiger partial charge is 0.329 e. The van der Waals surface area contributed by atoms with E-state index in [1.165, 1.54) is 0 Å². The van der Waals surface area contributed by atoms with Crippen molar-refractivity contribution in [1.29, 1.82) is 0 Å². The lowest BCUT2D eigenvalue weighted by Gasteiger charge is -2.34. The van der Waals surface area contributed by atoms with Crippen LogP contribution in [-0.4, -0.2) is 46.7 Å². The molecule has 2 unspecified atom stereocenters. The number of nitrogens with zero attached hydrogens (tertiary/aromatic N) is 1. The van der Waals surface area contributed by atoms with Gasteiger partial charge in [0, 0.05) is 25.0 Å². The number of imide groups is 2. The first-order chi connectivity index (χ1) is 13.2. The third-order valence-electron chi connectivity index (χ3n) is 5.94. The van der Waals surface area contributed by atoms with E-state index in [1.807, 2.05) is 6.92 Å². The summed E-state index contributed by atoms with van der Waals surface area (Å²) in [6.07, 6.45) is 0.240. The summed E-state index contributed by atoms with van der Waals surface area (Å²) < 4.78 is 0. The maximum atomic E-state index is 13.1. The van der Waals surface area contributed by atoms with Crippen LogP contribution in [0, 0.1) is 5.92 Å². The van der Waals surface area contributed by atoms with Crippen LogP contribution in [-0.2, 0) is 16.1 Å². The Bertz CT molecular complexity index is 851. The van der Waals surface area contributed by atoms with Crippen molar-refractivity contribution in [3.05, 3.63) is 34.9 Å². The molecular formula is C20H26N4O4. The van der Waals surface area contributed by atoms with E-state index in [0.29, 0.717) is 24.2 Å². The Balaban J connectivity index is 1.88. The van der Waals surface area contributed by atoms with E-state index >= 15 is 0 Å². The van der Waals surface area contributed by atoms with Gasteiger partial charge in [-0.3, -0.25) is 29.4 Å². The fourth-order valence-corrected chi connectivity index (χ4v) is 3.54. The normalized spacial score (nSPS) is 21.8. The van der Waals surface area contributed by atoms with E-state index < -0.39 is 29.7 Å². The Morgan fingerprint density at radius 1 is 1.25 bits per heavy atom. The van der Waals surface area contributed by atoms with Gasteiger partial charge in [-0.25, -0.2) is 0 Å². The van der Waals surface area contributed by atoms with Gasteiger partial charge in [-0.2, -0.15) is 0 Å². The molecule has 0 spiro atoms. The maximum Gasteiger partial charge on any atom is 0.262 e. The highest BCUT2D eigenvalue weighted by Gasteiger charge is 2.45. The first-order valence-corrected chi connectivity index (χ1v) is 9.48. The number of nitrogens with one attached hydrogen (secondary N) is 2. The number of nitrogens with two attached hydrogens (primary N) is 1. The number of fused-ring (bicyclic) bond motifs is 1. The summed E-state index contributed by atoms with van der Waals surface area (Å²) in [6.45, 7) is 6.94. The molecule has 0 bridgehead atoms. The number of carbonyl (C=O) groups excluding carboxylic acids is 4. The Kier molecular flexibility index (Phi) is 5.36. The minimum Gasteiger partial charge on any atom is -0.329 e. The standard InChI is InChI=1S/C20H26N4O4/c1-11(2)20(3,10-21)22-9-12-5-4-6-13-16(12)19(28)24(18(13)27)14-7-8-15(25)23-17(14)26/h4-6,11,14,22H,7-10,21H2,1-3H3,(H,23,25,26). The highest BCUT2D eigenvalue weighted by atomic mass is 16.2. The van der Waals surface area contributed by atoms with Crippen molar-refractivity contribution in [2.45, 2.75) is 51.7 Å². The smallest absolute Gasteiger partial charge is 0.262 e. The van der Waals surface area contributed by atoms with Gasteiger partial charge in [0.05, 0.1) is 11.1 Å². The minimum atomic E-state index is -0.962. The lowest BCUT2D eigenvalue weighted by atomic mass is 9.88. The van der Waals surface area contributed by atoms with Crippen molar-refractivity contribution in [3.63, 3.8) is 0 Å². The van der Waals surface area contributed by atoms with Gasteiger partial charge in [0.25, 0.3) is 11.8 Å². The quantitative estimate of drug-likeness (QED) is 0.614. The molecule has 3 rings (SSSR count). The molecule has 0 aliphatic carbocycles. The van der Waals surface area contributed by atoms with E-state index in [0.717, 1.165) is 4.90 Å². The van der Waals surface area contributed by atoms with Crippen LogP contribution in [0.3, 0.4) is 0 Å². The summed E-state index contributed by atoms with van der Waals surface area (Å²) >= 11 is 0. The molecule has 1 aromatic rings. The number of benzene rings is 1. The number of piperidine rings is 1. The zero-order valence-electron chi connectivity index (χ0n) is 16.4. The van der Waals surface area contributed by atoms with E-state index in [-0.39, 0.29) is 29.9 Å². The Morgan fingerprint density at radius 3 is 2.57 bits per heavy atom. The second kappa shape index (κ2) is 7.44. The molecule has 2 aliphatic heterocycles. The third kappa shape index (κ3) is 3.33. The number of carbonyl (C=O) groups is 4. The number of amides is 4. The Morgan fingerprint density at radius 2 is 1.96 bits per heavy atom. The molecule has 0 saturated carbocycles. The summed E-state index contributed by atoms with van der Waals surface area (Å²) in [5.74, 6) is -1.72. The summed E-state index contributed by atoms with van der Waals surface area (Å²) in [7, 11) is 0. The zero-order chi connectivity index (χ0) is 20.6. The predicted molar refractivity (Wildman–Crippen MR) is 102 cm³/mol. The maximum absolute atomic E-state index is 13.1. The number of hydrogen-bond acceptors (Lipinski definition) is 6. The molecule has 2 atom stereocenters. The molecule has 150 valence electrons. The van der Waals surface area contributed by atoms with Gasteiger partial charge < -0.3 is 11.1 Å². The van der Waals surface area contributed by atoms with Crippen LogP contribution in [0.2, 0.25) is 0 Å². The molecule has 0 aromatic heterocycles. The lowest BCUT2D eigenvalue weighted by molar-refractivity contribution is -0.136. The van der Waals surface area contributed by atoms with Crippen molar-refractivity contribution < 1.29 is 19.2 Å². The summed E-state index contributed by atoms with van der Waals surface area (Å²) in [4.78, 5) is 50.5. The SMILES string of the molecule is CC(C)C(C)(CN)NCc1cccc2c1C(=O)N(C1CCC(=O)NC1=O)C2=O. The predicted octanol–water partition coefficient (Wildman–Crippen LogP) is 0.551. The Hall–Kier alpha value is -2.58. The van der Waals surface area contributed by atoms with Crippen LogP contribution in [0.5, 0.6) is 0 Å². The fourth-order valence-electron chi connectivity index (χ4n) is 3.54. The van der Waals surface area contributed by atoms with Gasteiger partial charge in [-0.05, 0) is 30.9 Å². The summed E-state index contributed by atoms with van der Waals surface area (Å²) in [5.41, 5.74) is 6.88. The molecule has 8 heteroatoms. The van der Waals surface area contributed by atoms with E-state index in [2.05, 4.69) is 24.5 Å². The van der Waals surface area contributed by atoms with Crippen molar-refractivity contribution in [2.24, 2.45) is 11.7 Å². The molecule has 4 N–H and O–H groups in total. The molecular weight excluding hydrogens is 360 g/mol. The van der Waals surface area contributed by atoms with Crippen molar-refractivity contribution in [1.82, 2.24) is 15.5 Å². The van der Waals surface area contributed by atoms with Gasteiger partial charge in [0.15, 0.2) is 0 Å². The third-order valence-corrected chi connectivity index (χ3v) is 5.94. The highest BCUT2D eigenvalue weighted by Crippen LogP contribution is 2.30. The van der Waals surface area contributed by atoms with Gasteiger partial charge in [0.1, 0.15) is 6.04 Å². The van der Waals surface area contributed by atoms with Crippen LogP contribution < -0.4 is 16.4 Å². The van der Waals surface area contributed by atoms with Crippen LogP contribution in [0.4, 0.5) is 0 Å². The first-order valence-electron chi connectivity index (χ1n) is 9.48. The van der Waals surface area contributed by atoms with Crippen molar-refractivity contribution in [2.75, 3.05) is 6.54 Å². The number of rotatable bonds is 6. The molecule has 2 aliphatic rings. The molecule has 4 amide bonds. The molecule has 0 radical (unpaired) electrons. The van der Waals surface area contributed by atoms with Crippen LogP contribution >= 0.6 is 0 Å². The van der Waals surface area contributed by atoms with Crippen LogP contribution in [0.1, 0.15) is 59.9 Å². The molecule has 28 heavy (non-hydrogen) atoms. The highest BCUT2D eigenvalue weighted by molar-refractivity contribution is 6.24. The average molecular weight is 386 g/mol. The lowest BCUT2D eigenvalue weighted by Crippen LogP contribution is -2.54. The Labute approximate surface area is 163 Å². The minimum absolute atomic E-state index is 0.0987.